The molecule has 0 saturated heterocycles. The van der Waals surface area contributed by atoms with Crippen molar-refractivity contribution in [2.45, 2.75) is 19.6 Å². The molecule has 0 fully saturated rings. The number of rotatable bonds is 5. The number of carbonyl (C=O) groups is 1. The number of carbonyl (C=O) groups excluding carboxylic acids is 1. The number of benzene rings is 1. The van der Waals surface area contributed by atoms with Crippen LogP contribution in [0, 0.1) is 0 Å². The number of nitrogens with one attached hydrogen (secondary N) is 1. The number of amides is 1. The van der Waals surface area contributed by atoms with Crippen LogP contribution >= 0.6 is 11.6 Å². The SMILES string of the molecule is CCOCC(=O)Nc1nc2c(Cl)cccc2n1CC(F)(F)F. The minimum absolute atomic E-state index is 0.191. The van der Waals surface area contributed by atoms with Gasteiger partial charge < -0.3 is 9.30 Å². The van der Waals surface area contributed by atoms with Crippen molar-refractivity contribution in [2.75, 3.05) is 18.5 Å². The summed E-state index contributed by atoms with van der Waals surface area (Å²) in [4.78, 5) is 15.6. The van der Waals surface area contributed by atoms with Crippen LogP contribution in [0.25, 0.3) is 11.0 Å². The molecule has 0 aliphatic rings. The van der Waals surface area contributed by atoms with Crippen molar-refractivity contribution in [1.29, 1.82) is 0 Å². The van der Waals surface area contributed by atoms with Crippen LogP contribution in [0.3, 0.4) is 0 Å². The monoisotopic (exact) mass is 335 g/mol. The van der Waals surface area contributed by atoms with Crippen LogP contribution in [-0.2, 0) is 16.1 Å². The molecular weight excluding hydrogens is 323 g/mol. The average Bonchev–Trinajstić information content (AvgIpc) is 2.74. The number of nitrogens with zero attached hydrogens (tertiary/aromatic N) is 2. The molecule has 0 spiro atoms. The molecule has 22 heavy (non-hydrogen) atoms. The molecule has 2 rings (SSSR count). The van der Waals surface area contributed by atoms with Crippen molar-refractivity contribution in [3.05, 3.63) is 23.2 Å². The Labute approximate surface area is 129 Å². The average molecular weight is 336 g/mol. The molecule has 2 aromatic rings. The largest absolute Gasteiger partial charge is 0.406 e. The first-order valence-corrected chi connectivity index (χ1v) is 6.78. The van der Waals surface area contributed by atoms with Gasteiger partial charge in [-0.3, -0.25) is 10.1 Å². The van der Waals surface area contributed by atoms with Gasteiger partial charge in [-0.2, -0.15) is 13.2 Å². The fourth-order valence-electron chi connectivity index (χ4n) is 1.90. The molecule has 0 bridgehead atoms. The third-order valence-corrected chi connectivity index (χ3v) is 3.06. The second-order valence-electron chi connectivity index (χ2n) is 4.43. The molecule has 0 atom stereocenters. The zero-order chi connectivity index (χ0) is 16.3. The summed E-state index contributed by atoms with van der Waals surface area (Å²) in [7, 11) is 0. The number of aromatic nitrogens is 2. The minimum atomic E-state index is -4.46. The highest BCUT2D eigenvalue weighted by Crippen LogP contribution is 2.29. The maximum absolute atomic E-state index is 12.7. The van der Waals surface area contributed by atoms with E-state index < -0.39 is 18.6 Å². The topological polar surface area (TPSA) is 56.1 Å². The van der Waals surface area contributed by atoms with E-state index in [2.05, 4.69) is 10.3 Å². The molecule has 5 nitrogen and oxygen atoms in total. The maximum atomic E-state index is 12.7. The van der Waals surface area contributed by atoms with Gasteiger partial charge in [-0.25, -0.2) is 4.98 Å². The second kappa shape index (κ2) is 6.53. The lowest BCUT2D eigenvalue weighted by Crippen LogP contribution is -2.24. The second-order valence-corrected chi connectivity index (χ2v) is 4.84. The highest BCUT2D eigenvalue weighted by molar-refractivity contribution is 6.35. The number of fused-ring (bicyclic) bond motifs is 1. The summed E-state index contributed by atoms with van der Waals surface area (Å²) in [6.45, 7) is 0.470. The summed E-state index contributed by atoms with van der Waals surface area (Å²) < 4.78 is 44.0. The van der Waals surface area contributed by atoms with Crippen LogP contribution in [-0.4, -0.2) is 34.8 Å². The Bertz CT molecular complexity index is 685. The standard InChI is InChI=1S/C13H13ClF3N3O2/c1-2-22-6-10(21)18-12-19-11-8(14)4-3-5-9(11)20(12)7-13(15,16)17/h3-5H,2,6-7H2,1H3,(H,18,19,21). The van der Waals surface area contributed by atoms with Crippen molar-refractivity contribution >= 4 is 34.5 Å². The molecule has 1 aromatic heterocycles. The molecule has 0 radical (unpaired) electrons. The predicted molar refractivity (Wildman–Crippen MR) is 75.9 cm³/mol. The fraction of sp³-hybridized carbons (Fsp3) is 0.385. The minimum Gasteiger partial charge on any atom is -0.372 e. The van der Waals surface area contributed by atoms with Crippen molar-refractivity contribution in [2.24, 2.45) is 0 Å². The van der Waals surface area contributed by atoms with Gasteiger partial charge in [-0.15, -0.1) is 0 Å². The Balaban J connectivity index is 2.41. The van der Waals surface area contributed by atoms with Gasteiger partial charge in [0.25, 0.3) is 5.91 Å². The summed E-state index contributed by atoms with van der Waals surface area (Å²) in [6, 6.07) is 4.49. The molecule has 1 aromatic carbocycles. The van der Waals surface area contributed by atoms with Crippen LogP contribution in [0.5, 0.6) is 0 Å². The third kappa shape index (κ3) is 3.89. The van der Waals surface area contributed by atoms with Crippen molar-refractivity contribution < 1.29 is 22.7 Å². The number of imidazole rings is 1. The number of hydrogen-bond donors (Lipinski definition) is 1. The van der Waals surface area contributed by atoms with Crippen molar-refractivity contribution in [1.82, 2.24) is 9.55 Å². The summed E-state index contributed by atoms with van der Waals surface area (Å²) in [5.41, 5.74) is 0.386. The van der Waals surface area contributed by atoms with E-state index >= 15 is 0 Å². The number of ether oxygens (including phenoxy) is 1. The van der Waals surface area contributed by atoms with Crippen LogP contribution in [0.1, 0.15) is 6.92 Å². The Kier molecular flexibility index (Phi) is 4.92. The zero-order valence-electron chi connectivity index (χ0n) is 11.6. The Morgan fingerprint density at radius 3 is 2.82 bits per heavy atom. The molecule has 0 aliphatic heterocycles. The summed E-state index contributed by atoms with van der Waals surface area (Å²) in [6.07, 6.45) is -4.46. The van der Waals surface area contributed by atoms with E-state index in [0.717, 1.165) is 4.57 Å². The number of alkyl halides is 3. The lowest BCUT2D eigenvalue weighted by molar-refractivity contribution is -0.139. The molecule has 0 saturated carbocycles. The van der Waals surface area contributed by atoms with E-state index in [0.29, 0.717) is 6.61 Å². The van der Waals surface area contributed by atoms with Gasteiger partial charge in [-0.05, 0) is 19.1 Å². The fourth-order valence-corrected chi connectivity index (χ4v) is 2.11. The number of hydrogen-bond acceptors (Lipinski definition) is 3. The van der Waals surface area contributed by atoms with Crippen molar-refractivity contribution in [3.8, 4) is 0 Å². The van der Waals surface area contributed by atoms with Crippen LogP contribution in [0.4, 0.5) is 19.1 Å². The molecule has 1 amide bonds. The van der Waals surface area contributed by atoms with E-state index in [1.165, 1.54) is 18.2 Å². The van der Waals surface area contributed by atoms with Crippen LogP contribution in [0.2, 0.25) is 5.02 Å². The Morgan fingerprint density at radius 1 is 1.45 bits per heavy atom. The lowest BCUT2D eigenvalue weighted by atomic mass is 10.3. The van der Waals surface area contributed by atoms with E-state index in [1.54, 1.807) is 6.92 Å². The smallest absolute Gasteiger partial charge is 0.372 e. The quantitative estimate of drug-likeness (QED) is 0.912. The maximum Gasteiger partial charge on any atom is 0.406 e. The molecule has 1 heterocycles. The molecular formula is C13H13ClF3N3O2. The first kappa shape index (κ1) is 16.6. The molecule has 120 valence electrons. The summed E-state index contributed by atoms with van der Waals surface area (Å²) in [5.74, 6) is -0.804. The van der Waals surface area contributed by atoms with E-state index in [4.69, 9.17) is 16.3 Å². The highest BCUT2D eigenvalue weighted by Gasteiger charge is 2.31. The Morgan fingerprint density at radius 2 is 2.18 bits per heavy atom. The summed E-state index contributed by atoms with van der Waals surface area (Å²) >= 11 is 5.94. The zero-order valence-corrected chi connectivity index (χ0v) is 12.3. The number of anilines is 1. The normalized spacial score (nSPS) is 11.9. The van der Waals surface area contributed by atoms with Gasteiger partial charge in [0.05, 0.1) is 10.5 Å². The molecule has 0 unspecified atom stereocenters. The first-order valence-electron chi connectivity index (χ1n) is 6.41. The van der Waals surface area contributed by atoms with Gasteiger partial charge in [0.1, 0.15) is 18.7 Å². The molecule has 9 heteroatoms. The van der Waals surface area contributed by atoms with Crippen LogP contribution in [0.15, 0.2) is 18.2 Å². The lowest BCUT2D eigenvalue weighted by Gasteiger charge is -2.12. The predicted octanol–water partition coefficient (Wildman–Crippen LogP) is 3.23. The van der Waals surface area contributed by atoms with Gasteiger partial charge in [-0.1, -0.05) is 17.7 Å². The highest BCUT2D eigenvalue weighted by atomic mass is 35.5. The van der Waals surface area contributed by atoms with Gasteiger partial charge in [0.15, 0.2) is 0 Å². The molecule has 0 aliphatic carbocycles. The van der Waals surface area contributed by atoms with E-state index in [-0.39, 0.29) is 28.6 Å². The number of para-hydroxylation sites is 1. The number of halogens is 4. The molecule has 1 N–H and O–H groups in total. The van der Waals surface area contributed by atoms with Gasteiger partial charge in [0.2, 0.25) is 5.95 Å². The van der Waals surface area contributed by atoms with Crippen molar-refractivity contribution in [3.63, 3.8) is 0 Å². The van der Waals surface area contributed by atoms with E-state index in [9.17, 15) is 18.0 Å². The Hall–Kier alpha value is -1.80. The van der Waals surface area contributed by atoms with Crippen LogP contribution < -0.4 is 5.32 Å². The van der Waals surface area contributed by atoms with Gasteiger partial charge >= 0.3 is 6.18 Å². The third-order valence-electron chi connectivity index (χ3n) is 2.76. The summed E-state index contributed by atoms with van der Waals surface area (Å²) in [5, 5.41) is 2.52. The first-order chi connectivity index (χ1) is 10.3. The van der Waals surface area contributed by atoms with Gasteiger partial charge in [0, 0.05) is 6.61 Å². The van der Waals surface area contributed by atoms with E-state index in [1.807, 2.05) is 0 Å².